The molecule has 3 rings (SSSR count). The molecule has 0 unspecified atom stereocenters. The second-order valence-corrected chi connectivity index (χ2v) is 6.02. The first-order chi connectivity index (χ1) is 9.98. The van der Waals surface area contributed by atoms with E-state index in [4.69, 9.17) is 11.6 Å². The average Bonchev–Trinajstić information content (AvgIpc) is 3.07. The molecule has 2 aromatic heterocycles. The topological polar surface area (TPSA) is 80.0 Å². The molecule has 2 aromatic rings. The van der Waals surface area contributed by atoms with E-state index in [1.165, 1.54) is 0 Å². The van der Waals surface area contributed by atoms with Crippen molar-refractivity contribution in [2.24, 2.45) is 0 Å². The third-order valence-corrected chi connectivity index (χ3v) is 3.85. The molecule has 1 N–H and O–H groups in total. The molecular formula is C13H17ClN6O. The number of aliphatic hydroxyl groups is 1. The van der Waals surface area contributed by atoms with Gasteiger partial charge in [-0.25, -0.2) is 14.6 Å². The Morgan fingerprint density at radius 2 is 2.05 bits per heavy atom. The van der Waals surface area contributed by atoms with E-state index >= 15 is 0 Å². The summed E-state index contributed by atoms with van der Waals surface area (Å²) in [5, 5.41) is 19.5. The van der Waals surface area contributed by atoms with Crippen LogP contribution in [0.1, 0.15) is 32.0 Å². The maximum Gasteiger partial charge on any atom is 0.225 e. The fourth-order valence-corrected chi connectivity index (χ4v) is 2.48. The number of β-amino-alcohol motifs (C(OH)–C–C–N with tert-alkyl or cyclic N) is 1. The maximum absolute atomic E-state index is 10.8. The van der Waals surface area contributed by atoms with Gasteiger partial charge in [-0.3, -0.25) is 0 Å². The van der Waals surface area contributed by atoms with Crippen LogP contribution in [0.25, 0.3) is 0 Å². The first kappa shape index (κ1) is 14.2. The Hall–Kier alpha value is -1.73. The second-order valence-electron chi connectivity index (χ2n) is 5.58. The molecule has 1 fully saturated rings. The Balaban J connectivity index is 1.79. The number of hydrogen-bond acceptors (Lipinski definition) is 6. The molecule has 0 aliphatic carbocycles. The van der Waals surface area contributed by atoms with Crippen molar-refractivity contribution in [3.8, 4) is 0 Å². The van der Waals surface area contributed by atoms with Gasteiger partial charge in [-0.2, -0.15) is 0 Å². The zero-order valence-electron chi connectivity index (χ0n) is 11.9. The number of aromatic nitrogens is 5. The summed E-state index contributed by atoms with van der Waals surface area (Å²) in [6, 6.07) is 0.215. The van der Waals surface area contributed by atoms with E-state index in [0.717, 1.165) is 0 Å². The van der Waals surface area contributed by atoms with Crippen LogP contribution in [0.4, 0.5) is 5.95 Å². The van der Waals surface area contributed by atoms with E-state index < -0.39 is 5.60 Å². The highest BCUT2D eigenvalue weighted by atomic mass is 35.5. The van der Waals surface area contributed by atoms with E-state index in [-0.39, 0.29) is 6.04 Å². The predicted molar refractivity (Wildman–Crippen MR) is 78.2 cm³/mol. The molecule has 112 valence electrons. The molecule has 0 radical (unpaired) electrons. The Labute approximate surface area is 127 Å². The lowest BCUT2D eigenvalue weighted by Crippen LogP contribution is -2.31. The molecule has 0 spiro atoms. The van der Waals surface area contributed by atoms with Crippen LogP contribution in [-0.2, 0) is 5.60 Å². The van der Waals surface area contributed by atoms with Crippen molar-refractivity contribution in [2.75, 3.05) is 18.0 Å². The van der Waals surface area contributed by atoms with Gasteiger partial charge in [0.05, 0.1) is 30.2 Å². The van der Waals surface area contributed by atoms with E-state index in [1.807, 2.05) is 18.7 Å². The number of anilines is 1. The van der Waals surface area contributed by atoms with Gasteiger partial charge in [0.1, 0.15) is 11.3 Å². The van der Waals surface area contributed by atoms with E-state index in [2.05, 4.69) is 20.3 Å². The van der Waals surface area contributed by atoms with Crippen molar-refractivity contribution in [1.29, 1.82) is 0 Å². The summed E-state index contributed by atoms with van der Waals surface area (Å²) in [5.74, 6) is 0.562. The number of rotatable bonds is 3. The molecule has 1 saturated heterocycles. The highest BCUT2D eigenvalue weighted by Gasteiger charge is 2.41. The van der Waals surface area contributed by atoms with Gasteiger partial charge in [0.25, 0.3) is 0 Å². The van der Waals surface area contributed by atoms with Gasteiger partial charge in [-0.15, -0.1) is 5.10 Å². The Morgan fingerprint density at radius 3 is 2.67 bits per heavy atom. The fourth-order valence-electron chi connectivity index (χ4n) is 2.38. The summed E-state index contributed by atoms with van der Waals surface area (Å²) < 4.78 is 1.74. The number of nitrogens with zero attached hydrogens (tertiary/aromatic N) is 6. The minimum atomic E-state index is -1.02. The van der Waals surface area contributed by atoms with Crippen LogP contribution in [0.15, 0.2) is 18.6 Å². The van der Waals surface area contributed by atoms with Crippen molar-refractivity contribution in [3.05, 3.63) is 29.3 Å². The fraction of sp³-hybridized carbons (Fsp3) is 0.538. The van der Waals surface area contributed by atoms with Crippen LogP contribution in [0.2, 0.25) is 5.02 Å². The number of halogens is 1. The minimum Gasteiger partial charge on any atom is -0.381 e. The third kappa shape index (κ3) is 2.71. The monoisotopic (exact) mass is 308 g/mol. The Kier molecular flexibility index (Phi) is 3.54. The summed E-state index contributed by atoms with van der Waals surface area (Å²) >= 11 is 5.79. The molecule has 0 amide bonds. The quantitative estimate of drug-likeness (QED) is 0.923. The van der Waals surface area contributed by atoms with Gasteiger partial charge in [0.2, 0.25) is 5.95 Å². The van der Waals surface area contributed by atoms with Crippen LogP contribution in [0.3, 0.4) is 0 Å². The van der Waals surface area contributed by atoms with Gasteiger partial charge in [0.15, 0.2) is 0 Å². The molecule has 1 aliphatic heterocycles. The van der Waals surface area contributed by atoms with Gasteiger partial charge in [-0.05, 0) is 13.8 Å². The van der Waals surface area contributed by atoms with Crippen molar-refractivity contribution in [1.82, 2.24) is 25.0 Å². The lowest BCUT2D eigenvalue weighted by Gasteiger charge is -2.20. The van der Waals surface area contributed by atoms with Crippen LogP contribution >= 0.6 is 11.6 Å². The molecule has 0 saturated carbocycles. The molecule has 21 heavy (non-hydrogen) atoms. The molecular weight excluding hydrogens is 292 g/mol. The van der Waals surface area contributed by atoms with Gasteiger partial charge >= 0.3 is 0 Å². The smallest absolute Gasteiger partial charge is 0.225 e. The van der Waals surface area contributed by atoms with Crippen LogP contribution in [0.5, 0.6) is 0 Å². The van der Waals surface area contributed by atoms with E-state index in [9.17, 15) is 5.11 Å². The van der Waals surface area contributed by atoms with Crippen LogP contribution < -0.4 is 4.90 Å². The van der Waals surface area contributed by atoms with Gasteiger partial charge in [-0.1, -0.05) is 16.8 Å². The van der Waals surface area contributed by atoms with Gasteiger partial charge < -0.3 is 10.0 Å². The second kappa shape index (κ2) is 5.23. The van der Waals surface area contributed by atoms with Crippen LogP contribution in [0, 0.1) is 0 Å². The number of hydrogen-bond donors (Lipinski definition) is 1. The van der Waals surface area contributed by atoms with Crippen molar-refractivity contribution >= 4 is 17.5 Å². The molecule has 1 atom stereocenters. The van der Waals surface area contributed by atoms with E-state index in [0.29, 0.717) is 36.2 Å². The Morgan fingerprint density at radius 1 is 1.33 bits per heavy atom. The summed E-state index contributed by atoms with van der Waals surface area (Å²) in [5.41, 5.74) is -0.427. The van der Waals surface area contributed by atoms with Crippen molar-refractivity contribution in [3.63, 3.8) is 0 Å². The summed E-state index contributed by atoms with van der Waals surface area (Å²) in [6.07, 6.45) is 5.47. The lowest BCUT2D eigenvalue weighted by molar-refractivity contribution is 0.0558. The first-order valence-electron chi connectivity index (χ1n) is 6.85. The largest absolute Gasteiger partial charge is 0.381 e. The first-order valence-corrected chi connectivity index (χ1v) is 7.23. The molecule has 8 heteroatoms. The molecule has 1 aliphatic rings. The van der Waals surface area contributed by atoms with Gasteiger partial charge in [0, 0.05) is 19.0 Å². The normalized spacial score (nSPS) is 22.2. The molecule has 0 aromatic carbocycles. The lowest BCUT2D eigenvalue weighted by atomic mass is 10.00. The molecule has 7 nitrogen and oxygen atoms in total. The average molecular weight is 309 g/mol. The summed E-state index contributed by atoms with van der Waals surface area (Å²) in [7, 11) is 0. The molecule has 0 bridgehead atoms. The minimum absolute atomic E-state index is 0.215. The van der Waals surface area contributed by atoms with E-state index in [1.54, 1.807) is 23.3 Å². The zero-order chi connectivity index (χ0) is 15.0. The maximum atomic E-state index is 10.8. The van der Waals surface area contributed by atoms with Crippen LogP contribution in [-0.4, -0.2) is 43.2 Å². The summed E-state index contributed by atoms with van der Waals surface area (Å²) in [4.78, 5) is 10.3. The third-order valence-electron chi connectivity index (χ3n) is 3.65. The van der Waals surface area contributed by atoms with Crippen molar-refractivity contribution < 1.29 is 5.11 Å². The zero-order valence-corrected chi connectivity index (χ0v) is 12.7. The highest BCUT2D eigenvalue weighted by Crippen LogP contribution is 2.32. The predicted octanol–water partition coefficient (Wildman–Crippen LogP) is 1.40. The molecule has 3 heterocycles. The SMILES string of the molecule is CC(C)n1cc([C@]2(O)CCN(c3ncc(Cl)cn3)C2)nn1. The summed E-state index contributed by atoms with van der Waals surface area (Å²) in [6.45, 7) is 5.09. The van der Waals surface area contributed by atoms with Crippen molar-refractivity contribution in [2.45, 2.75) is 31.9 Å². The standard InChI is InChI=1S/C13H17ClN6O/c1-9(2)20-7-11(17-18-20)13(21)3-4-19(8-13)12-15-5-10(14)6-16-12/h5-7,9,21H,3-4,8H2,1-2H3/t13-/m0/s1. The Bertz CT molecular complexity index is 628. The highest BCUT2D eigenvalue weighted by molar-refractivity contribution is 6.30.